The van der Waals surface area contributed by atoms with Crippen LogP contribution in [0.15, 0.2) is 120 Å². The van der Waals surface area contributed by atoms with Crippen molar-refractivity contribution in [2.45, 2.75) is 43.5 Å². The molecule has 0 bridgehead atoms. The normalized spacial score (nSPS) is 11.6. The fourth-order valence-corrected chi connectivity index (χ4v) is 8.65. The Hall–Kier alpha value is -3.90. The zero-order valence-electron chi connectivity index (χ0n) is 27.5. The Balaban J connectivity index is 0.000000181. The molecular weight excluding hydrogens is 820 g/mol. The Morgan fingerprint density at radius 2 is 1.51 bits per heavy atom. The van der Waals surface area contributed by atoms with Crippen molar-refractivity contribution >= 4 is 39.6 Å². The fourth-order valence-electron chi connectivity index (χ4n) is 5.55. The van der Waals surface area contributed by atoms with Gasteiger partial charge in [-0.05, 0) is 34.9 Å². The molecule has 7 aromatic rings. The molecule has 239 valence electrons. The summed E-state index contributed by atoms with van der Waals surface area (Å²) in [5, 5.41) is 1.84. The maximum Gasteiger partial charge on any atom is 0 e. The molecule has 0 saturated carbocycles. The average Bonchev–Trinajstić information content (AvgIpc) is 3.42. The van der Waals surface area contributed by atoms with Gasteiger partial charge in [-0.25, -0.2) is 4.39 Å². The van der Waals surface area contributed by atoms with Crippen LogP contribution < -0.4 is 4.40 Å². The van der Waals surface area contributed by atoms with Crippen molar-refractivity contribution in [3.63, 3.8) is 0 Å². The van der Waals surface area contributed by atoms with Crippen LogP contribution in [0.25, 0.3) is 55.6 Å². The van der Waals surface area contributed by atoms with E-state index in [4.69, 9.17) is 9.40 Å². The van der Waals surface area contributed by atoms with Crippen LogP contribution >= 0.6 is 0 Å². The minimum atomic E-state index is -1.99. The van der Waals surface area contributed by atoms with Gasteiger partial charge < -0.3 is 9.40 Å². The Morgan fingerprint density at radius 1 is 0.745 bits per heavy atom. The maximum absolute atomic E-state index is 13.5. The molecule has 0 aliphatic heterocycles. The van der Waals surface area contributed by atoms with Crippen LogP contribution in [-0.2, 0) is 25.5 Å². The monoisotopic (exact) mass is 859 g/mol. The van der Waals surface area contributed by atoms with Gasteiger partial charge in [0.25, 0.3) is 0 Å². The van der Waals surface area contributed by atoms with Gasteiger partial charge in [-0.15, -0.1) is 18.2 Å². The van der Waals surface area contributed by atoms with E-state index in [0.29, 0.717) is 11.2 Å². The third kappa shape index (κ3) is 7.65. The molecule has 0 aliphatic rings. The van der Waals surface area contributed by atoms with Crippen LogP contribution in [0.3, 0.4) is 0 Å². The van der Waals surface area contributed by atoms with Gasteiger partial charge in [0.15, 0.2) is 0 Å². The summed E-state index contributed by atoms with van der Waals surface area (Å²) in [7, 11) is 0. The molecule has 0 unspecified atom stereocenters. The minimum absolute atomic E-state index is 0. The fraction of sp³-hybridized carbons (Fsp3) is 0.171. The zero-order valence-corrected chi connectivity index (χ0v) is 32.0. The van der Waals surface area contributed by atoms with E-state index in [0.717, 1.165) is 33.3 Å². The van der Waals surface area contributed by atoms with Crippen molar-refractivity contribution in [2.75, 3.05) is 0 Å². The molecule has 0 saturated heterocycles. The van der Waals surface area contributed by atoms with Gasteiger partial charge in [-0.1, -0.05) is 37.8 Å². The number of rotatable bonds is 4. The van der Waals surface area contributed by atoms with Crippen molar-refractivity contribution < 1.29 is 28.9 Å². The third-order valence-corrected chi connectivity index (χ3v) is 12.3. The molecule has 3 heterocycles. The first-order valence-corrected chi connectivity index (χ1v) is 22.9. The number of fused-ring (bicyclic) bond motifs is 3. The molecule has 0 aliphatic carbocycles. The summed E-state index contributed by atoms with van der Waals surface area (Å²) in [6, 6.07) is 39.9. The van der Waals surface area contributed by atoms with Crippen molar-refractivity contribution in [1.82, 2.24) is 9.97 Å². The second kappa shape index (κ2) is 14.1. The number of hydrogen-bond donors (Lipinski definition) is 0. The molecule has 6 heteroatoms. The molecule has 0 fully saturated rings. The van der Waals surface area contributed by atoms with Crippen molar-refractivity contribution in [3.05, 3.63) is 139 Å². The maximum atomic E-state index is 13.5. The summed E-state index contributed by atoms with van der Waals surface area (Å²) in [5.41, 5.74) is 8.72. The van der Waals surface area contributed by atoms with Crippen molar-refractivity contribution in [3.8, 4) is 33.6 Å². The largest absolute Gasteiger partial charge is 0 e. The number of benzene rings is 4. The summed E-state index contributed by atoms with van der Waals surface area (Å²) >= 11 is -1.99. The van der Waals surface area contributed by atoms with E-state index in [9.17, 15) is 4.39 Å². The molecule has 0 N–H and O–H groups in total. The molecule has 4 aromatic carbocycles. The zero-order chi connectivity index (χ0) is 32.5. The summed E-state index contributed by atoms with van der Waals surface area (Å²) in [6.45, 7) is 6.50. The minimum Gasteiger partial charge on any atom is 0 e. The molecule has 47 heavy (non-hydrogen) atoms. The van der Waals surface area contributed by atoms with Gasteiger partial charge in [-0.3, -0.25) is 0 Å². The number of aromatic nitrogens is 2. The van der Waals surface area contributed by atoms with Gasteiger partial charge in [-0.2, -0.15) is 0 Å². The molecule has 0 spiro atoms. The first kappa shape index (κ1) is 34.4. The van der Waals surface area contributed by atoms with Crippen LogP contribution in [0.4, 0.5) is 4.39 Å². The van der Waals surface area contributed by atoms with Crippen LogP contribution in [0, 0.1) is 17.9 Å². The quantitative estimate of drug-likeness (QED) is 0.131. The number of nitrogens with zero attached hydrogens (tertiary/aromatic N) is 2. The van der Waals surface area contributed by atoms with Gasteiger partial charge >= 0.3 is 135 Å². The summed E-state index contributed by atoms with van der Waals surface area (Å²) in [4.78, 5) is 9.21. The Bertz CT molecular complexity index is 2130. The van der Waals surface area contributed by atoms with Crippen molar-refractivity contribution in [2.24, 2.45) is 0 Å². The number of pyridine rings is 2. The van der Waals surface area contributed by atoms with Crippen LogP contribution in [0.2, 0.25) is 17.3 Å². The van der Waals surface area contributed by atoms with Gasteiger partial charge in [0.2, 0.25) is 0 Å². The third-order valence-electron chi connectivity index (χ3n) is 8.06. The first-order valence-electron chi connectivity index (χ1n) is 15.5. The van der Waals surface area contributed by atoms with E-state index in [1.54, 1.807) is 6.07 Å². The van der Waals surface area contributed by atoms with E-state index in [1.807, 2.05) is 42.6 Å². The van der Waals surface area contributed by atoms with Gasteiger partial charge in [0.1, 0.15) is 11.4 Å². The molecule has 0 atom stereocenters. The Morgan fingerprint density at radius 3 is 2.21 bits per heavy atom. The average molecular weight is 858 g/mol. The SMILES string of the molecule is CC(C)(C)c1ccnc(-c2[c-]ccc3c2oc2cc(F)ccc23)c1.[CH3][Ge]([CH3])([CH3])[c]1cnc(-c2[c-]cccc2)cc1-c1ccccc1.[Ir]. The predicted molar refractivity (Wildman–Crippen MR) is 191 cm³/mol. The summed E-state index contributed by atoms with van der Waals surface area (Å²) < 4.78 is 20.9. The summed E-state index contributed by atoms with van der Waals surface area (Å²) in [6.07, 6.45) is 3.91. The van der Waals surface area contributed by atoms with E-state index < -0.39 is 13.3 Å². The van der Waals surface area contributed by atoms with Crippen LogP contribution in [0.1, 0.15) is 26.3 Å². The second-order valence-electron chi connectivity index (χ2n) is 13.5. The Labute approximate surface area is 293 Å². The van der Waals surface area contributed by atoms with Crippen LogP contribution in [-0.4, -0.2) is 23.2 Å². The molecule has 7 rings (SSSR count). The smallest absolute Gasteiger partial charge is 0 e. The van der Waals surface area contributed by atoms with E-state index in [-0.39, 0.29) is 31.3 Å². The Kier molecular flexibility index (Phi) is 10.3. The van der Waals surface area contributed by atoms with Crippen LogP contribution in [0.5, 0.6) is 0 Å². The molecule has 3 aromatic heterocycles. The molecule has 1 radical (unpaired) electrons. The topological polar surface area (TPSA) is 38.9 Å². The van der Waals surface area contributed by atoms with E-state index in [1.165, 1.54) is 33.2 Å². The van der Waals surface area contributed by atoms with Gasteiger partial charge in [0.05, 0.1) is 5.58 Å². The molecule has 3 nitrogen and oxygen atoms in total. The number of furan rings is 1. The van der Waals surface area contributed by atoms with Gasteiger partial charge in [0, 0.05) is 37.8 Å². The van der Waals surface area contributed by atoms with Crippen molar-refractivity contribution in [1.29, 1.82) is 0 Å². The number of hydrogen-bond acceptors (Lipinski definition) is 3. The van der Waals surface area contributed by atoms with E-state index >= 15 is 0 Å². The number of halogens is 1. The molecule has 0 amide bonds. The van der Waals surface area contributed by atoms with E-state index in [2.05, 4.69) is 110 Å². The standard InChI is InChI=1S/C21H17FNO.C20H20GeN.Ir/c1-21(2,3)13-9-10-23-18(11-13)17-6-4-5-16-15-8-7-14(22)12-19(15)24-20(16)17;1-21(2,3)19-15-22-20(17-12-8-5-9-13-17)14-18(19)16-10-6-4-7-11-16;/h4-5,7-12H,1-3H3;4-12,14-15H,1-3H3;/q2*-1;. The first-order chi connectivity index (χ1) is 22.0. The molecular formula is C41H37FGeIrN2O-2. The second-order valence-corrected chi connectivity index (χ2v) is 24.1. The predicted octanol–water partition coefficient (Wildman–Crippen LogP) is 10.6. The summed E-state index contributed by atoms with van der Waals surface area (Å²) in [5.74, 6) is 6.94.